The second kappa shape index (κ2) is 9.37. The van der Waals surface area contributed by atoms with Crippen molar-refractivity contribution in [2.24, 2.45) is 0 Å². The number of carbonyl (C=O) groups excluding carboxylic acids is 1. The molecule has 0 spiro atoms. The maximum absolute atomic E-state index is 13.7. The normalized spacial score (nSPS) is 14.7. The molecule has 1 saturated heterocycles. The van der Waals surface area contributed by atoms with Gasteiger partial charge in [0.25, 0.3) is 5.91 Å². The molecule has 0 aliphatic carbocycles. The molecule has 0 unspecified atom stereocenters. The highest BCUT2D eigenvalue weighted by atomic mass is 79.9. The molecule has 4 aromatic rings. The van der Waals surface area contributed by atoms with Gasteiger partial charge in [-0.3, -0.25) is 9.69 Å². The molecule has 3 heterocycles. The standard InChI is InChI=1S/C27H26BrN3OS/c1-18-5-6-20(14-19(18)2)26-16-24(23-15-21(28)7-8-25(23)29-26)27(32)31-11-9-30(10-12-31)17-22-4-3-13-33-22/h3-8,13-16H,9-12,17H2,1-2H3. The summed E-state index contributed by atoms with van der Waals surface area (Å²) in [5.41, 5.74) is 5.92. The highest BCUT2D eigenvalue weighted by Crippen LogP contribution is 2.29. The summed E-state index contributed by atoms with van der Waals surface area (Å²) in [6.45, 7) is 8.43. The van der Waals surface area contributed by atoms with E-state index in [1.54, 1.807) is 11.3 Å². The number of amides is 1. The summed E-state index contributed by atoms with van der Waals surface area (Å²) in [6, 6.07) is 18.6. The van der Waals surface area contributed by atoms with E-state index in [1.807, 2.05) is 29.2 Å². The number of nitrogens with zero attached hydrogens (tertiary/aromatic N) is 3. The summed E-state index contributed by atoms with van der Waals surface area (Å²) in [7, 11) is 0. The Morgan fingerprint density at radius 1 is 1.00 bits per heavy atom. The number of aryl methyl sites for hydroxylation is 2. The van der Waals surface area contributed by atoms with E-state index in [4.69, 9.17) is 4.98 Å². The molecule has 1 aliphatic rings. The number of thiophene rings is 1. The van der Waals surface area contributed by atoms with Gasteiger partial charge in [-0.2, -0.15) is 0 Å². The molecule has 0 radical (unpaired) electrons. The van der Waals surface area contributed by atoms with E-state index in [-0.39, 0.29) is 5.91 Å². The lowest BCUT2D eigenvalue weighted by molar-refractivity contribution is 0.0631. The molecule has 6 heteroatoms. The van der Waals surface area contributed by atoms with Gasteiger partial charge < -0.3 is 4.90 Å². The molecule has 1 amide bonds. The summed E-state index contributed by atoms with van der Waals surface area (Å²) in [5, 5.41) is 3.01. The number of hydrogen-bond donors (Lipinski definition) is 0. The summed E-state index contributed by atoms with van der Waals surface area (Å²) < 4.78 is 0.950. The maximum Gasteiger partial charge on any atom is 0.254 e. The fraction of sp³-hybridized carbons (Fsp3) is 0.259. The number of carbonyl (C=O) groups is 1. The lowest BCUT2D eigenvalue weighted by Gasteiger charge is -2.34. The van der Waals surface area contributed by atoms with Gasteiger partial charge >= 0.3 is 0 Å². The van der Waals surface area contributed by atoms with Crippen LogP contribution in [0.4, 0.5) is 0 Å². The van der Waals surface area contributed by atoms with E-state index in [1.165, 1.54) is 16.0 Å². The fourth-order valence-electron chi connectivity index (χ4n) is 4.33. The lowest BCUT2D eigenvalue weighted by atomic mass is 10.00. The van der Waals surface area contributed by atoms with Crippen molar-refractivity contribution in [3.05, 3.63) is 86.0 Å². The van der Waals surface area contributed by atoms with Crippen LogP contribution in [0.1, 0.15) is 26.4 Å². The first-order valence-electron chi connectivity index (χ1n) is 11.2. The van der Waals surface area contributed by atoms with Crippen LogP contribution in [0.5, 0.6) is 0 Å². The van der Waals surface area contributed by atoms with E-state index < -0.39 is 0 Å². The lowest BCUT2D eigenvalue weighted by Crippen LogP contribution is -2.48. The molecular weight excluding hydrogens is 494 g/mol. The van der Waals surface area contributed by atoms with Gasteiger partial charge in [0, 0.05) is 53.0 Å². The van der Waals surface area contributed by atoms with Crippen LogP contribution in [0.15, 0.2) is 64.5 Å². The zero-order valence-electron chi connectivity index (χ0n) is 18.8. The Kier molecular flexibility index (Phi) is 6.32. The molecule has 0 bridgehead atoms. The van der Waals surface area contributed by atoms with Crippen LogP contribution in [0.3, 0.4) is 0 Å². The third-order valence-electron chi connectivity index (χ3n) is 6.42. The van der Waals surface area contributed by atoms with Crippen molar-refractivity contribution >= 4 is 44.1 Å². The van der Waals surface area contributed by atoms with Gasteiger partial charge in [0.05, 0.1) is 16.8 Å². The number of halogens is 1. The van der Waals surface area contributed by atoms with Crippen LogP contribution in [-0.4, -0.2) is 46.9 Å². The Balaban J connectivity index is 1.45. The third-order valence-corrected chi connectivity index (χ3v) is 7.78. The second-order valence-corrected chi connectivity index (χ2v) is 10.6. The third kappa shape index (κ3) is 4.74. The van der Waals surface area contributed by atoms with E-state index in [0.717, 1.165) is 64.9 Å². The largest absolute Gasteiger partial charge is 0.336 e. The van der Waals surface area contributed by atoms with Crippen molar-refractivity contribution in [2.75, 3.05) is 26.2 Å². The van der Waals surface area contributed by atoms with Crippen LogP contribution < -0.4 is 0 Å². The number of benzene rings is 2. The molecule has 1 aliphatic heterocycles. The minimum Gasteiger partial charge on any atom is -0.336 e. The molecule has 33 heavy (non-hydrogen) atoms. The molecule has 4 nitrogen and oxygen atoms in total. The first-order valence-corrected chi connectivity index (χ1v) is 12.9. The molecule has 1 fully saturated rings. The zero-order valence-corrected chi connectivity index (χ0v) is 21.2. The number of hydrogen-bond acceptors (Lipinski definition) is 4. The molecule has 0 atom stereocenters. The number of fused-ring (bicyclic) bond motifs is 1. The van der Waals surface area contributed by atoms with Crippen LogP contribution in [0, 0.1) is 13.8 Å². The summed E-state index contributed by atoms with van der Waals surface area (Å²) in [5.74, 6) is 0.0846. The van der Waals surface area contributed by atoms with Crippen LogP contribution >= 0.6 is 27.3 Å². The van der Waals surface area contributed by atoms with Crippen LogP contribution in [0.25, 0.3) is 22.2 Å². The van der Waals surface area contributed by atoms with Gasteiger partial charge in [0.1, 0.15) is 0 Å². The minimum atomic E-state index is 0.0846. The predicted octanol–water partition coefficient (Wildman–Crippen LogP) is 6.30. The van der Waals surface area contributed by atoms with Crippen molar-refractivity contribution < 1.29 is 4.79 Å². The molecule has 0 N–H and O–H groups in total. The average molecular weight is 520 g/mol. The van der Waals surface area contributed by atoms with E-state index in [2.05, 4.69) is 70.4 Å². The first-order chi connectivity index (χ1) is 16.0. The minimum absolute atomic E-state index is 0.0846. The Morgan fingerprint density at radius 2 is 1.82 bits per heavy atom. The topological polar surface area (TPSA) is 36.4 Å². The van der Waals surface area contributed by atoms with Crippen molar-refractivity contribution in [3.63, 3.8) is 0 Å². The van der Waals surface area contributed by atoms with Crippen LogP contribution in [-0.2, 0) is 6.54 Å². The molecule has 0 saturated carbocycles. The molecule has 168 valence electrons. The number of rotatable bonds is 4. The van der Waals surface area contributed by atoms with E-state index in [0.29, 0.717) is 0 Å². The Labute approximate surface area is 207 Å². The Bertz CT molecular complexity index is 1310. The Hall–Kier alpha value is -2.54. The summed E-state index contributed by atoms with van der Waals surface area (Å²) >= 11 is 5.36. The highest BCUT2D eigenvalue weighted by molar-refractivity contribution is 9.10. The van der Waals surface area contributed by atoms with Gasteiger partial charge in [-0.15, -0.1) is 11.3 Å². The van der Waals surface area contributed by atoms with Gasteiger partial charge in [-0.1, -0.05) is 34.1 Å². The van der Waals surface area contributed by atoms with Crippen LogP contribution in [0.2, 0.25) is 0 Å². The second-order valence-electron chi connectivity index (χ2n) is 8.66. The number of piperazine rings is 1. The monoisotopic (exact) mass is 519 g/mol. The SMILES string of the molecule is Cc1ccc(-c2cc(C(=O)N3CCN(Cc4cccs4)CC3)c3cc(Br)ccc3n2)cc1C. The molecule has 5 rings (SSSR count). The molecule has 2 aromatic carbocycles. The maximum atomic E-state index is 13.7. The quantitative estimate of drug-likeness (QED) is 0.317. The molecule has 2 aromatic heterocycles. The smallest absolute Gasteiger partial charge is 0.254 e. The zero-order chi connectivity index (χ0) is 22.9. The van der Waals surface area contributed by atoms with Crippen molar-refractivity contribution in [2.45, 2.75) is 20.4 Å². The number of pyridine rings is 1. The van der Waals surface area contributed by atoms with Gasteiger partial charge in [0.15, 0.2) is 0 Å². The predicted molar refractivity (Wildman–Crippen MR) is 140 cm³/mol. The van der Waals surface area contributed by atoms with E-state index in [9.17, 15) is 4.79 Å². The molecular formula is C27H26BrN3OS. The fourth-order valence-corrected chi connectivity index (χ4v) is 5.43. The average Bonchev–Trinajstić information content (AvgIpc) is 3.33. The van der Waals surface area contributed by atoms with Gasteiger partial charge in [-0.05, 0) is 66.8 Å². The van der Waals surface area contributed by atoms with E-state index >= 15 is 0 Å². The summed E-state index contributed by atoms with van der Waals surface area (Å²) in [6.07, 6.45) is 0. The first kappa shape index (κ1) is 22.3. The van der Waals surface area contributed by atoms with Crippen molar-refractivity contribution in [3.8, 4) is 11.3 Å². The van der Waals surface area contributed by atoms with Crippen molar-refractivity contribution in [1.29, 1.82) is 0 Å². The summed E-state index contributed by atoms with van der Waals surface area (Å²) in [4.78, 5) is 24.4. The van der Waals surface area contributed by atoms with Gasteiger partial charge in [0.2, 0.25) is 0 Å². The number of aromatic nitrogens is 1. The highest BCUT2D eigenvalue weighted by Gasteiger charge is 2.24. The van der Waals surface area contributed by atoms with Crippen molar-refractivity contribution in [1.82, 2.24) is 14.8 Å². The Morgan fingerprint density at radius 3 is 2.55 bits per heavy atom. The van der Waals surface area contributed by atoms with Gasteiger partial charge in [-0.25, -0.2) is 4.98 Å².